The van der Waals surface area contributed by atoms with Gasteiger partial charge in [0.1, 0.15) is 35.6 Å². The minimum Gasteiger partial charge on any atom is -0.508 e. The molecule has 1 aromatic rings. The number of hydrogen-bond donors (Lipinski definition) is 2. The molecule has 0 aliphatic heterocycles. The molecule has 3 rings (SSSR count). The molecule has 1 fully saturated rings. The van der Waals surface area contributed by atoms with Gasteiger partial charge in [0, 0.05) is 44.1 Å². The normalized spacial score (nSPS) is 32.5. The molecule has 2 aliphatic rings. The van der Waals surface area contributed by atoms with E-state index in [9.17, 15) is 29.4 Å². The second-order valence-corrected chi connectivity index (χ2v) is 10.6. The quantitative estimate of drug-likeness (QED) is 0.439. The third kappa shape index (κ3) is 4.56. The number of fused-ring (bicyclic) bond motifs is 3. The van der Waals surface area contributed by atoms with Crippen LogP contribution in [0.5, 0.6) is 5.75 Å². The first-order chi connectivity index (χ1) is 17.1. The van der Waals surface area contributed by atoms with E-state index in [4.69, 9.17) is 18.9 Å². The number of hydrogen-bond acceptors (Lipinski definition) is 10. The molecule has 0 amide bonds. The number of phenolic OH excluding ortho intramolecular Hbond substituents is 1. The molecular weight excluding hydrogens is 484 g/mol. The Bertz CT molecular complexity index is 1110. The summed E-state index contributed by atoms with van der Waals surface area (Å²) in [6.07, 6.45) is -5.09. The van der Waals surface area contributed by atoms with Gasteiger partial charge in [-0.3, -0.25) is 19.2 Å². The fourth-order valence-corrected chi connectivity index (χ4v) is 6.43. The number of phenols is 1. The van der Waals surface area contributed by atoms with Gasteiger partial charge in [0.15, 0.2) is 0 Å². The molecule has 2 N–H and O–H groups in total. The number of ether oxygens (including phenoxy) is 4. The Morgan fingerprint density at radius 1 is 0.946 bits per heavy atom. The van der Waals surface area contributed by atoms with Crippen LogP contribution in [0.3, 0.4) is 0 Å². The number of carbonyl (C=O) groups excluding carboxylic acids is 4. The fraction of sp³-hybridized carbons (Fsp3) is 0.630. The molecule has 0 heterocycles. The van der Waals surface area contributed by atoms with E-state index < -0.39 is 65.0 Å². The average Bonchev–Trinajstić information content (AvgIpc) is 2.78. The average molecular weight is 521 g/mol. The van der Waals surface area contributed by atoms with Crippen LogP contribution in [-0.2, 0) is 43.5 Å². The molecule has 2 aliphatic carbocycles. The van der Waals surface area contributed by atoms with Crippen LogP contribution in [0.15, 0.2) is 12.1 Å². The molecule has 0 spiro atoms. The van der Waals surface area contributed by atoms with Gasteiger partial charge in [-0.2, -0.15) is 0 Å². The predicted molar refractivity (Wildman–Crippen MR) is 129 cm³/mol. The van der Waals surface area contributed by atoms with Crippen molar-refractivity contribution in [2.45, 2.75) is 90.6 Å². The highest BCUT2D eigenvalue weighted by Crippen LogP contribution is 2.63. The summed E-state index contributed by atoms with van der Waals surface area (Å²) in [6.45, 7) is 10.6. The number of benzene rings is 1. The molecule has 7 unspecified atom stereocenters. The van der Waals surface area contributed by atoms with Gasteiger partial charge in [-0.25, -0.2) is 0 Å². The maximum absolute atomic E-state index is 13.5. The number of aromatic hydroxyl groups is 1. The zero-order chi connectivity index (χ0) is 28.0. The number of esters is 4. The van der Waals surface area contributed by atoms with Crippen molar-refractivity contribution in [3.63, 3.8) is 0 Å². The highest BCUT2D eigenvalue weighted by Gasteiger charge is 2.71. The lowest BCUT2D eigenvalue weighted by Gasteiger charge is -2.61. The molecule has 37 heavy (non-hydrogen) atoms. The van der Waals surface area contributed by atoms with Gasteiger partial charge in [0.2, 0.25) is 0 Å². The van der Waals surface area contributed by atoms with Crippen LogP contribution in [0.2, 0.25) is 0 Å². The van der Waals surface area contributed by atoms with Crippen LogP contribution in [0, 0.1) is 11.3 Å². The van der Waals surface area contributed by atoms with Crippen LogP contribution in [0.1, 0.15) is 83.6 Å². The van der Waals surface area contributed by atoms with Gasteiger partial charge in [-0.05, 0) is 30.0 Å². The van der Waals surface area contributed by atoms with E-state index in [0.29, 0.717) is 5.56 Å². The summed E-state index contributed by atoms with van der Waals surface area (Å²) in [5, 5.41) is 23.0. The number of carbonyl (C=O) groups is 4. The first-order valence-corrected chi connectivity index (χ1v) is 12.3. The van der Waals surface area contributed by atoms with Gasteiger partial charge in [-0.15, -0.1) is 0 Å². The highest BCUT2D eigenvalue weighted by molar-refractivity contribution is 5.80. The number of aliphatic hydroxyl groups is 1. The Balaban J connectivity index is 2.46. The van der Waals surface area contributed by atoms with E-state index in [1.807, 2.05) is 13.8 Å². The summed E-state index contributed by atoms with van der Waals surface area (Å²) < 4.78 is 22.1. The van der Waals surface area contributed by atoms with Crippen LogP contribution in [0.25, 0.3) is 0 Å². The third-order valence-electron chi connectivity index (χ3n) is 7.94. The first-order valence-electron chi connectivity index (χ1n) is 12.3. The lowest BCUT2D eigenvalue weighted by molar-refractivity contribution is -0.229. The van der Waals surface area contributed by atoms with Gasteiger partial charge in [-0.1, -0.05) is 26.8 Å². The molecule has 7 atom stereocenters. The van der Waals surface area contributed by atoms with Crippen LogP contribution in [0.4, 0.5) is 0 Å². The monoisotopic (exact) mass is 520 g/mol. The first kappa shape index (κ1) is 28.4. The lowest BCUT2D eigenvalue weighted by atomic mass is 9.46. The minimum absolute atomic E-state index is 0.00888. The topological polar surface area (TPSA) is 146 Å². The second kappa shape index (κ2) is 9.96. The largest absolute Gasteiger partial charge is 0.508 e. The summed E-state index contributed by atoms with van der Waals surface area (Å²) in [5.41, 5.74) is -1.76. The molecule has 0 aromatic heterocycles. The van der Waals surface area contributed by atoms with Crippen molar-refractivity contribution in [3.8, 4) is 5.75 Å². The Labute approximate surface area is 216 Å². The van der Waals surface area contributed by atoms with Crippen molar-refractivity contribution in [3.05, 3.63) is 28.8 Å². The van der Waals surface area contributed by atoms with E-state index >= 15 is 0 Å². The second-order valence-electron chi connectivity index (χ2n) is 10.6. The van der Waals surface area contributed by atoms with E-state index in [0.717, 1.165) is 5.56 Å². The zero-order valence-corrected chi connectivity index (χ0v) is 22.5. The highest BCUT2D eigenvalue weighted by atomic mass is 16.6. The molecule has 10 heteroatoms. The van der Waals surface area contributed by atoms with Crippen molar-refractivity contribution >= 4 is 23.9 Å². The van der Waals surface area contributed by atoms with Gasteiger partial charge < -0.3 is 29.2 Å². The van der Waals surface area contributed by atoms with Crippen molar-refractivity contribution in [1.82, 2.24) is 0 Å². The molecule has 0 radical (unpaired) electrons. The molecule has 10 nitrogen and oxygen atoms in total. The summed E-state index contributed by atoms with van der Waals surface area (Å²) in [6, 6.07) is 3.30. The third-order valence-corrected chi connectivity index (χ3v) is 7.94. The Kier molecular flexibility index (Phi) is 7.66. The number of rotatable bonds is 5. The summed E-state index contributed by atoms with van der Waals surface area (Å²) in [5.74, 6) is -4.13. The summed E-state index contributed by atoms with van der Waals surface area (Å²) in [4.78, 5) is 50.1. The Morgan fingerprint density at radius 2 is 1.49 bits per heavy atom. The molecule has 0 saturated heterocycles. The van der Waals surface area contributed by atoms with Gasteiger partial charge in [0.05, 0.1) is 7.11 Å². The molecular formula is C27H36O10. The maximum atomic E-state index is 13.5. The summed E-state index contributed by atoms with van der Waals surface area (Å²) >= 11 is 0. The van der Waals surface area contributed by atoms with Crippen LogP contribution in [-0.4, -0.2) is 59.5 Å². The standard InChI is InChI=1S/C27H36O10/c1-12(2)16-9-17-21(18(31)10-16)26(6)19(35-13(3)28)11-20(36-14(4)29)27(7,25(33)34-8)24(26)23(22(17)32)37-15(5)30/h9-10,12,19-20,22-24,31-32H,11H2,1-8H3. The Morgan fingerprint density at radius 3 is 1.97 bits per heavy atom. The van der Waals surface area contributed by atoms with Crippen molar-refractivity contribution in [2.75, 3.05) is 7.11 Å². The van der Waals surface area contributed by atoms with Gasteiger partial charge in [0.25, 0.3) is 0 Å². The van der Waals surface area contributed by atoms with E-state index in [2.05, 4.69) is 0 Å². The van der Waals surface area contributed by atoms with E-state index in [1.54, 1.807) is 19.1 Å². The predicted octanol–water partition coefficient (Wildman–Crippen LogP) is 2.81. The Hall–Kier alpha value is -3.14. The molecule has 1 saturated carbocycles. The van der Waals surface area contributed by atoms with Gasteiger partial charge >= 0.3 is 23.9 Å². The molecule has 1 aromatic carbocycles. The molecule has 0 bridgehead atoms. The summed E-state index contributed by atoms with van der Waals surface area (Å²) in [7, 11) is 1.17. The van der Waals surface area contributed by atoms with Crippen LogP contribution < -0.4 is 0 Å². The van der Waals surface area contributed by atoms with Crippen LogP contribution >= 0.6 is 0 Å². The maximum Gasteiger partial charge on any atom is 0.315 e. The number of methoxy groups -OCH3 is 1. The fourth-order valence-electron chi connectivity index (χ4n) is 6.43. The molecule has 204 valence electrons. The minimum atomic E-state index is -1.67. The van der Waals surface area contributed by atoms with Crippen molar-refractivity contribution < 1.29 is 48.3 Å². The SMILES string of the molecule is COC(=O)C1(C)C(OC(C)=O)CC(OC(C)=O)C2(C)c3c(O)cc(C(C)C)cc3C(O)C(OC(C)=O)C12. The smallest absolute Gasteiger partial charge is 0.315 e. The number of aliphatic hydroxyl groups excluding tert-OH is 1. The van der Waals surface area contributed by atoms with Crippen molar-refractivity contribution in [1.29, 1.82) is 0 Å². The van der Waals surface area contributed by atoms with Crippen molar-refractivity contribution in [2.24, 2.45) is 11.3 Å². The van der Waals surface area contributed by atoms with E-state index in [1.165, 1.54) is 34.8 Å². The lowest BCUT2D eigenvalue weighted by Crippen LogP contribution is -2.70. The van der Waals surface area contributed by atoms with E-state index in [-0.39, 0.29) is 23.7 Å². The zero-order valence-electron chi connectivity index (χ0n) is 22.5.